The molecule has 0 heterocycles. The van der Waals surface area contributed by atoms with Gasteiger partial charge in [0.25, 0.3) is 0 Å². The molecule has 15 heavy (non-hydrogen) atoms. The monoisotopic (exact) mass is 216 g/mol. The fourth-order valence-electron chi connectivity index (χ4n) is 1.45. The highest BCUT2D eigenvalue weighted by atomic mass is 16.7. The first-order chi connectivity index (χ1) is 7.02. The highest BCUT2D eigenvalue weighted by Crippen LogP contribution is 2.16. The molecule has 0 spiro atoms. The molecule has 0 amide bonds. The van der Waals surface area contributed by atoms with Crippen molar-refractivity contribution < 1.29 is 14.6 Å². The van der Waals surface area contributed by atoms with Crippen LogP contribution in [0.2, 0.25) is 0 Å². The first kappa shape index (κ1) is 14.6. The van der Waals surface area contributed by atoms with Crippen LogP contribution in [-0.4, -0.2) is 31.7 Å². The predicted octanol–water partition coefficient (Wildman–Crippen LogP) is 2.35. The van der Waals surface area contributed by atoms with E-state index in [-0.39, 0.29) is 5.92 Å². The second kappa shape index (κ2) is 7.85. The summed E-state index contributed by atoms with van der Waals surface area (Å²) in [6.07, 6.45) is 3.02. The zero-order chi connectivity index (χ0) is 11.8. The van der Waals surface area contributed by atoms with Crippen molar-refractivity contribution in [1.29, 1.82) is 0 Å². The van der Waals surface area contributed by atoms with Crippen molar-refractivity contribution in [2.24, 2.45) is 5.92 Å². The Kier molecular flexibility index (Phi) is 7.65. The van der Waals surface area contributed by atoms with Crippen LogP contribution in [0.3, 0.4) is 0 Å². The van der Waals surface area contributed by atoms with E-state index in [1.807, 2.05) is 6.92 Å². The van der Waals surface area contributed by atoms with Crippen LogP contribution < -0.4 is 0 Å². The fraction of sp³-hybridized carbons (Fsp3) is 0.833. The maximum absolute atomic E-state index is 9.87. The van der Waals surface area contributed by atoms with Gasteiger partial charge in [0.2, 0.25) is 0 Å². The van der Waals surface area contributed by atoms with Gasteiger partial charge in [0.15, 0.2) is 6.29 Å². The summed E-state index contributed by atoms with van der Waals surface area (Å²) in [5.74, 6) is 0.172. The number of rotatable bonds is 7. The van der Waals surface area contributed by atoms with E-state index in [0.29, 0.717) is 0 Å². The number of hydrogen-bond acceptors (Lipinski definition) is 3. The van der Waals surface area contributed by atoms with Gasteiger partial charge in [-0.15, -0.1) is 0 Å². The van der Waals surface area contributed by atoms with Crippen LogP contribution >= 0.6 is 0 Å². The van der Waals surface area contributed by atoms with Crippen LogP contribution in [0.25, 0.3) is 0 Å². The molecule has 3 nitrogen and oxygen atoms in total. The van der Waals surface area contributed by atoms with Crippen molar-refractivity contribution in [3.8, 4) is 0 Å². The number of methoxy groups -OCH3 is 2. The number of aliphatic hydroxyl groups is 1. The van der Waals surface area contributed by atoms with Crippen molar-refractivity contribution in [3.63, 3.8) is 0 Å². The molecule has 0 aromatic heterocycles. The molecule has 0 bridgehead atoms. The van der Waals surface area contributed by atoms with Gasteiger partial charge in [-0.05, 0) is 32.6 Å². The molecule has 0 saturated heterocycles. The lowest BCUT2D eigenvalue weighted by Crippen LogP contribution is -2.35. The highest BCUT2D eigenvalue weighted by molar-refractivity contribution is 4.93. The minimum atomic E-state index is -0.564. The summed E-state index contributed by atoms with van der Waals surface area (Å²) in [6.45, 7) is 6.16. The molecule has 2 atom stereocenters. The van der Waals surface area contributed by atoms with Gasteiger partial charge in [0.05, 0.1) is 0 Å². The van der Waals surface area contributed by atoms with Crippen LogP contribution in [-0.2, 0) is 9.47 Å². The molecule has 0 saturated carbocycles. The summed E-state index contributed by atoms with van der Waals surface area (Å²) in [6, 6.07) is 0. The first-order valence-electron chi connectivity index (χ1n) is 5.40. The SMILES string of the molecule is COC(OC)[C@@H](O)[C@@H](C)CCC=C(C)C. The summed E-state index contributed by atoms with van der Waals surface area (Å²) in [5.41, 5.74) is 1.31. The van der Waals surface area contributed by atoms with Crippen molar-refractivity contribution in [1.82, 2.24) is 0 Å². The lowest BCUT2D eigenvalue weighted by atomic mass is 9.98. The zero-order valence-corrected chi connectivity index (χ0v) is 10.5. The van der Waals surface area contributed by atoms with E-state index >= 15 is 0 Å². The van der Waals surface area contributed by atoms with E-state index in [0.717, 1.165) is 12.8 Å². The number of hydrogen-bond donors (Lipinski definition) is 1. The second-order valence-electron chi connectivity index (χ2n) is 4.17. The lowest BCUT2D eigenvalue weighted by molar-refractivity contribution is -0.177. The fourth-order valence-corrected chi connectivity index (χ4v) is 1.45. The Morgan fingerprint density at radius 3 is 2.20 bits per heavy atom. The van der Waals surface area contributed by atoms with E-state index in [2.05, 4.69) is 19.9 Å². The Morgan fingerprint density at radius 2 is 1.80 bits per heavy atom. The maximum atomic E-state index is 9.87. The van der Waals surface area contributed by atoms with Gasteiger partial charge in [-0.2, -0.15) is 0 Å². The largest absolute Gasteiger partial charge is 0.388 e. The molecular formula is C12H24O3. The van der Waals surface area contributed by atoms with Crippen LogP contribution in [0.1, 0.15) is 33.6 Å². The quantitative estimate of drug-likeness (QED) is 0.524. The smallest absolute Gasteiger partial charge is 0.182 e. The van der Waals surface area contributed by atoms with Crippen LogP contribution in [0.4, 0.5) is 0 Å². The van der Waals surface area contributed by atoms with E-state index in [1.54, 1.807) is 14.2 Å². The molecule has 0 aliphatic carbocycles. The normalized spacial score (nSPS) is 15.1. The van der Waals surface area contributed by atoms with E-state index < -0.39 is 12.4 Å². The van der Waals surface area contributed by atoms with Crippen LogP contribution in [0.15, 0.2) is 11.6 Å². The molecule has 0 aromatic carbocycles. The second-order valence-corrected chi connectivity index (χ2v) is 4.17. The molecule has 90 valence electrons. The van der Waals surface area contributed by atoms with Gasteiger partial charge in [-0.25, -0.2) is 0 Å². The Hall–Kier alpha value is -0.380. The van der Waals surface area contributed by atoms with E-state index in [9.17, 15) is 5.11 Å². The average molecular weight is 216 g/mol. The van der Waals surface area contributed by atoms with Gasteiger partial charge in [-0.1, -0.05) is 18.6 Å². The van der Waals surface area contributed by atoms with Gasteiger partial charge < -0.3 is 14.6 Å². The Bertz CT molecular complexity index is 181. The minimum Gasteiger partial charge on any atom is -0.388 e. The Morgan fingerprint density at radius 1 is 1.27 bits per heavy atom. The van der Waals surface area contributed by atoms with Gasteiger partial charge in [0, 0.05) is 14.2 Å². The van der Waals surface area contributed by atoms with Crippen molar-refractivity contribution >= 4 is 0 Å². The summed E-state index contributed by atoms with van der Waals surface area (Å²) in [7, 11) is 3.08. The van der Waals surface area contributed by atoms with Crippen molar-refractivity contribution in [2.45, 2.75) is 46.0 Å². The summed E-state index contributed by atoms with van der Waals surface area (Å²) >= 11 is 0. The molecule has 0 aliphatic heterocycles. The molecule has 3 heteroatoms. The molecule has 1 N–H and O–H groups in total. The molecular weight excluding hydrogens is 192 g/mol. The summed E-state index contributed by atoms with van der Waals surface area (Å²) in [5, 5.41) is 9.87. The third kappa shape index (κ3) is 5.92. The van der Waals surface area contributed by atoms with E-state index in [4.69, 9.17) is 9.47 Å². The lowest BCUT2D eigenvalue weighted by Gasteiger charge is -2.25. The zero-order valence-electron chi connectivity index (χ0n) is 10.5. The minimum absolute atomic E-state index is 0.172. The molecule has 0 aliphatic rings. The highest BCUT2D eigenvalue weighted by Gasteiger charge is 2.23. The first-order valence-corrected chi connectivity index (χ1v) is 5.40. The Labute approximate surface area is 93.1 Å². The topological polar surface area (TPSA) is 38.7 Å². The Balaban J connectivity index is 3.97. The van der Waals surface area contributed by atoms with Gasteiger partial charge in [0.1, 0.15) is 6.10 Å². The predicted molar refractivity (Wildman–Crippen MR) is 61.6 cm³/mol. The molecule has 0 fully saturated rings. The third-order valence-corrected chi connectivity index (χ3v) is 2.50. The molecule has 0 rings (SSSR count). The summed E-state index contributed by atoms with van der Waals surface area (Å²) < 4.78 is 10.0. The molecule has 0 radical (unpaired) electrons. The van der Waals surface area contributed by atoms with Crippen LogP contribution in [0, 0.1) is 5.92 Å². The summed E-state index contributed by atoms with van der Waals surface area (Å²) in [4.78, 5) is 0. The average Bonchev–Trinajstić information content (AvgIpc) is 2.18. The van der Waals surface area contributed by atoms with E-state index in [1.165, 1.54) is 5.57 Å². The number of aliphatic hydroxyl groups excluding tert-OH is 1. The number of ether oxygens (including phenoxy) is 2. The van der Waals surface area contributed by atoms with Gasteiger partial charge >= 0.3 is 0 Å². The molecule has 0 aromatic rings. The standard InChI is InChI=1S/C12H24O3/c1-9(2)7-6-8-10(3)11(13)12(14-4)15-5/h7,10-13H,6,8H2,1-5H3/t10-,11-/m0/s1. The number of allylic oxidation sites excluding steroid dienone is 2. The van der Waals surface area contributed by atoms with Gasteiger partial charge in [-0.3, -0.25) is 0 Å². The van der Waals surface area contributed by atoms with Crippen molar-refractivity contribution in [2.75, 3.05) is 14.2 Å². The third-order valence-electron chi connectivity index (χ3n) is 2.50. The van der Waals surface area contributed by atoms with Crippen molar-refractivity contribution in [3.05, 3.63) is 11.6 Å². The maximum Gasteiger partial charge on any atom is 0.182 e. The van der Waals surface area contributed by atoms with Crippen LogP contribution in [0.5, 0.6) is 0 Å². The molecule has 0 unspecified atom stereocenters.